The second kappa shape index (κ2) is 6.97. The minimum absolute atomic E-state index is 0.196. The van der Waals surface area contributed by atoms with Crippen LogP contribution in [0.2, 0.25) is 5.15 Å². The van der Waals surface area contributed by atoms with Crippen molar-refractivity contribution < 1.29 is 4.79 Å². The van der Waals surface area contributed by atoms with Crippen molar-refractivity contribution in [1.82, 2.24) is 9.97 Å². The van der Waals surface area contributed by atoms with Gasteiger partial charge in [-0.1, -0.05) is 11.6 Å². The lowest BCUT2D eigenvalue weighted by Crippen LogP contribution is -2.11. The molecule has 0 aliphatic heterocycles. The molecule has 0 fully saturated rings. The first kappa shape index (κ1) is 15.8. The van der Waals surface area contributed by atoms with E-state index < -0.39 is 0 Å². The molecule has 7 heteroatoms. The third-order valence-electron chi connectivity index (χ3n) is 3.22. The van der Waals surface area contributed by atoms with Gasteiger partial charge in [0.05, 0.1) is 0 Å². The minimum atomic E-state index is -0.196. The highest BCUT2D eigenvalue weighted by atomic mass is 35.5. The fourth-order valence-corrected chi connectivity index (χ4v) is 2.17. The van der Waals surface area contributed by atoms with E-state index in [1.165, 1.54) is 6.33 Å². The molecule has 0 atom stereocenters. The topological polar surface area (TPSA) is 92.9 Å². The van der Waals surface area contributed by atoms with E-state index in [2.05, 4.69) is 20.6 Å². The van der Waals surface area contributed by atoms with Gasteiger partial charge in [-0.15, -0.1) is 0 Å². The van der Waals surface area contributed by atoms with Crippen LogP contribution in [-0.2, 0) is 0 Å². The van der Waals surface area contributed by atoms with Gasteiger partial charge in [0.1, 0.15) is 17.3 Å². The molecule has 0 saturated carbocycles. The van der Waals surface area contributed by atoms with Gasteiger partial charge < -0.3 is 16.4 Å². The number of benzene rings is 2. The molecule has 0 spiro atoms. The van der Waals surface area contributed by atoms with Crippen molar-refractivity contribution in [3.63, 3.8) is 0 Å². The summed E-state index contributed by atoms with van der Waals surface area (Å²) in [5.41, 5.74) is 8.27. The van der Waals surface area contributed by atoms with Crippen molar-refractivity contribution in [3.05, 3.63) is 71.6 Å². The van der Waals surface area contributed by atoms with Crippen molar-refractivity contribution >= 4 is 40.4 Å². The third-order valence-corrected chi connectivity index (χ3v) is 3.43. The Morgan fingerprint density at radius 3 is 2.29 bits per heavy atom. The Labute approximate surface area is 143 Å². The van der Waals surface area contributed by atoms with Crippen LogP contribution < -0.4 is 16.4 Å². The molecular weight excluding hydrogens is 326 g/mol. The van der Waals surface area contributed by atoms with Gasteiger partial charge in [-0.25, -0.2) is 9.97 Å². The number of carbonyl (C=O) groups is 1. The van der Waals surface area contributed by atoms with E-state index in [4.69, 9.17) is 17.3 Å². The van der Waals surface area contributed by atoms with Gasteiger partial charge in [0.2, 0.25) is 0 Å². The van der Waals surface area contributed by atoms with Gasteiger partial charge in [-0.05, 0) is 48.5 Å². The van der Waals surface area contributed by atoms with Crippen LogP contribution in [0.25, 0.3) is 0 Å². The lowest BCUT2D eigenvalue weighted by Gasteiger charge is -2.08. The average Bonchev–Trinajstić information content (AvgIpc) is 2.57. The monoisotopic (exact) mass is 339 g/mol. The first-order valence-electron chi connectivity index (χ1n) is 7.12. The maximum absolute atomic E-state index is 12.1. The summed E-state index contributed by atoms with van der Waals surface area (Å²) in [6, 6.07) is 15.6. The summed E-state index contributed by atoms with van der Waals surface area (Å²) in [7, 11) is 0. The van der Waals surface area contributed by atoms with E-state index in [1.54, 1.807) is 42.5 Å². The number of hydrogen-bond acceptors (Lipinski definition) is 5. The number of aromatic nitrogens is 2. The predicted octanol–water partition coefficient (Wildman–Crippen LogP) is 3.71. The number of nitrogens with one attached hydrogen (secondary N) is 2. The number of rotatable bonds is 4. The van der Waals surface area contributed by atoms with Gasteiger partial charge in [0, 0.05) is 28.7 Å². The van der Waals surface area contributed by atoms with E-state index in [0.717, 1.165) is 5.69 Å². The summed E-state index contributed by atoms with van der Waals surface area (Å²) < 4.78 is 0. The number of nitrogens with two attached hydrogens (primary N) is 1. The number of halogens is 1. The van der Waals surface area contributed by atoms with Gasteiger partial charge in [-0.3, -0.25) is 4.79 Å². The van der Waals surface area contributed by atoms with E-state index >= 15 is 0 Å². The first-order valence-corrected chi connectivity index (χ1v) is 7.49. The zero-order chi connectivity index (χ0) is 16.9. The summed E-state index contributed by atoms with van der Waals surface area (Å²) >= 11 is 5.82. The van der Waals surface area contributed by atoms with Crippen LogP contribution in [0.15, 0.2) is 60.9 Å². The molecule has 1 heterocycles. The number of anilines is 4. The van der Waals surface area contributed by atoms with Crippen molar-refractivity contribution in [1.29, 1.82) is 0 Å². The maximum atomic E-state index is 12.1. The summed E-state index contributed by atoms with van der Waals surface area (Å²) in [5.74, 6) is 0.395. The highest BCUT2D eigenvalue weighted by molar-refractivity contribution is 6.29. The van der Waals surface area contributed by atoms with E-state index in [1.807, 2.05) is 12.1 Å². The highest BCUT2D eigenvalue weighted by Crippen LogP contribution is 2.19. The molecule has 3 aromatic rings. The summed E-state index contributed by atoms with van der Waals surface area (Å²) in [5, 5.41) is 6.29. The number of hydrogen-bond donors (Lipinski definition) is 3. The molecule has 1 amide bonds. The summed E-state index contributed by atoms with van der Waals surface area (Å²) in [6.07, 6.45) is 1.38. The Morgan fingerprint density at radius 1 is 0.958 bits per heavy atom. The molecule has 0 aliphatic carbocycles. The Bertz CT molecular complexity index is 850. The molecule has 120 valence electrons. The quantitative estimate of drug-likeness (QED) is 0.497. The van der Waals surface area contributed by atoms with Crippen molar-refractivity contribution in [2.75, 3.05) is 16.4 Å². The molecule has 24 heavy (non-hydrogen) atoms. The third kappa shape index (κ3) is 3.99. The van der Waals surface area contributed by atoms with Crippen molar-refractivity contribution in [2.45, 2.75) is 0 Å². The van der Waals surface area contributed by atoms with Crippen LogP contribution in [0.5, 0.6) is 0 Å². The highest BCUT2D eigenvalue weighted by Gasteiger charge is 2.06. The van der Waals surface area contributed by atoms with Crippen LogP contribution in [0.1, 0.15) is 10.4 Å². The fraction of sp³-hybridized carbons (Fsp3) is 0. The number of carbonyl (C=O) groups excluding carboxylic acids is 1. The largest absolute Gasteiger partial charge is 0.399 e. The average molecular weight is 340 g/mol. The second-order valence-electron chi connectivity index (χ2n) is 5.00. The molecule has 0 unspecified atom stereocenters. The zero-order valence-corrected chi connectivity index (χ0v) is 13.3. The van der Waals surface area contributed by atoms with Crippen LogP contribution in [0.4, 0.5) is 22.9 Å². The van der Waals surface area contributed by atoms with E-state index in [0.29, 0.717) is 27.9 Å². The molecule has 2 aromatic carbocycles. The molecule has 1 aromatic heterocycles. The van der Waals surface area contributed by atoms with Crippen LogP contribution in [0, 0.1) is 0 Å². The van der Waals surface area contributed by atoms with Crippen LogP contribution >= 0.6 is 11.6 Å². The Kier molecular flexibility index (Phi) is 4.58. The normalized spacial score (nSPS) is 10.2. The number of nitrogen functional groups attached to an aromatic ring is 1. The van der Waals surface area contributed by atoms with Crippen molar-refractivity contribution in [2.24, 2.45) is 0 Å². The van der Waals surface area contributed by atoms with E-state index in [-0.39, 0.29) is 5.91 Å². The second-order valence-corrected chi connectivity index (χ2v) is 5.39. The SMILES string of the molecule is Nc1ccc(C(=O)Nc2ccc(Nc3cc(Cl)ncn3)cc2)cc1. The zero-order valence-electron chi connectivity index (χ0n) is 12.5. The Morgan fingerprint density at radius 2 is 1.62 bits per heavy atom. The van der Waals surface area contributed by atoms with Gasteiger partial charge in [0.25, 0.3) is 5.91 Å². The molecule has 0 bridgehead atoms. The van der Waals surface area contributed by atoms with Crippen LogP contribution in [0.3, 0.4) is 0 Å². The number of amides is 1. The predicted molar refractivity (Wildman–Crippen MR) is 95.6 cm³/mol. The van der Waals surface area contributed by atoms with Gasteiger partial charge in [0.15, 0.2) is 0 Å². The molecule has 4 N–H and O–H groups in total. The summed E-state index contributed by atoms with van der Waals surface area (Å²) in [6.45, 7) is 0. The molecular formula is C17H14ClN5O. The summed E-state index contributed by atoms with van der Waals surface area (Å²) in [4.78, 5) is 20.0. The van der Waals surface area contributed by atoms with E-state index in [9.17, 15) is 4.79 Å². The minimum Gasteiger partial charge on any atom is -0.399 e. The Balaban J connectivity index is 1.66. The maximum Gasteiger partial charge on any atom is 0.255 e. The molecule has 0 radical (unpaired) electrons. The Hall–Kier alpha value is -3.12. The lowest BCUT2D eigenvalue weighted by molar-refractivity contribution is 0.102. The molecule has 0 saturated heterocycles. The van der Waals surface area contributed by atoms with Gasteiger partial charge >= 0.3 is 0 Å². The molecule has 3 rings (SSSR count). The molecule has 0 aliphatic rings. The lowest BCUT2D eigenvalue weighted by atomic mass is 10.2. The standard InChI is InChI=1S/C17H14ClN5O/c18-15-9-16(21-10-20-15)22-13-5-7-14(8-6-13)23-17(24)11-1-3-12(19)4-2-11/h1-10H,19H2,(H,23,24)(H,20,21,22). The van der Waals surface area contributed by atoms with Crippen LogP contribution in [-0.4, -0.2) is 15.9 Å². The fourth-order valence-electron chi connectivity index (χ4n) is 2.02. The number of nitrogens with zero attached hydrogens (tertiary/aromatic N) is 2. The first-order chi connectivity index (χ1) is 11.6. The van der Waals surface area contributed by atoms with Gasteiger partial charge in [-0.2, -0.15) is 0 Å². The van der Waals surface area contributed by atoms with Crippen molar-refractivity contribution in [3.8, 4) is 0 Å². The smallest absolute Gasteiger partial charge is 0.255 e. The molecule has 6 nitrogen and oxygen atoms in total.